The highest BCUT2D eigenvalue weighted by Gasteiger charge is 2.36. The maximum atomic E-state index is 11.7. The molecule has 9 nitrogen and oxygen atoms in total. The molecule has 2 aromatic heterocycles. The molecule has 1 aromatic carbocycles. The average molecular weight is 555 g/mol. The smallest absolute Gasteiger partial charge is 0.417 e. The molecule has 0 radical (unpaired) electrons. The monoisotopic (exact) mass is 554 g/mol. The van der Waals surface area contributed by atoms with Crippen LogP contribution in [0.5, 0.6) is 5.75 Å². The second-order valence-electron chi connectivity index (χ2n) is 11.2. The Kier molecular flexibility index (Phi) is 7.43. The van der Waals surface area contributed by atoms with Gasteiger partial charge in [0.2, 0.25) is 0 Å². The quantitative estimate of drug-likeness (QED) is 0.193. The third-order valence-electron chi connectivity index (χ3n) is 8.01. The molecule has 3 aliphatic rings. The molecule has 4 heterocycles. The van der Waals surface area contributed by atoms with Crippen molar-refractivity contribution in [2.45, 2.75) is 71.8 Å². The number of aromatic amines is 1. The standard InChI is InChI=1S/C32H38N6O3/c1-5-8-24(40-25-17-21(4)29-27(18-25)41-32(39)35-29)19-28(34-20(2)3)37-15-12-23(13-16-37)38-26-11-7-14-33-30(26)36-31(38)22-9-6-10-22/h7,11,14,17-19,23H,2,5-6,8-10,12-13,15-16H2,1,3-4H3,(H,33,36)(H,35,39)/b24-19+,34-28?. The molecule has 1 saturated heterocycles. The van der Waals surface area contributed by atoms with E-state index in [-0.39, 0.29) is 0 Å². The number of aryl methyl sites for hydroxylation is 1. The van der Waals surface area contributed by atoms with Crippen LogP contribution in [-0.2, 0) is 0 Å². The van der Waals surface area contributed by atoms with Gasteiger partial charge in [0.15, 0.2) is 11.4 Å². The number of aliphatic imine (C=N–C) groups is 1. The van der Waals surface area contributed by atoms with Crippen molar-refractivity contribution < 1.29 is 9.15 Å². The van der Waals surface area contributed by atoms with Crippen molar-refractivity contribution in [2.24, 2.45) is 4.99 Å². The Morgan fingerprint density at radius 2 is 2.10 bits per heavy atom. The fraction of sp³-hybridized carbons (Fsp3) is 0.406. The third-order valence-corrected chi connectivity index (χ3v) is 8.01. The number of hydrogen-bond acceptors (Lipinski definition) is 7. The van der Waals surface area contributed by atoms with E-state index in [4.69, 9.17) is 14.1 Å². The Balaban J connectivity index is 1.22. The van der Waals surface area contributed by atoms with E-state index in [2.05, 4.69) is 44.7 Å². The summed E-state index contributed by atoms with van der Waals surface area (Å²) >= 11 is 0. The zero-order valence-electron chi connectivity index (χ0n) is 24.1. The zero-order valence-corrected chi connectivity index (χ0v) is 24.1. The van der Waals surface area contributed by atoms with E-state index in [0.29, 0.717) is 22.9 Å². The third kappa shape index (κ3) is 5.53. The summed E-state index contributed by atoms with van der Waals surface area (Å²) in [5.41, 5.74) is 5.51. The summed E-state index contributed by atoms with van der Waals surface area (Å²) in [5.74, 6) is 4.06. The fourth-order valence-electron chi connectivity index (χ4n) is 5.90. The number of H-pyrrole nitrogens is 1. The summed E-state index contributed by atoms with van der Waals surface area (Å²) < 4.78 is 11.7. The van der Waals surface area contributed by atoms with Crippen molar-refractivity contribution in [3.63, 3.8) is 0 Å². The highest BCUT2D eigenvalue weighted by atomic mass is 16.5. The number of pyridine rings is 1. The normalized spacial score (nSPS) is 18.0. The predicted octanol–water partition coefficient (Wildman–Crippen LogP) is 6.61. The lowest BCUT2D eigenvalue weighted by atomic mass is 9.91. The number of aromatic nitrogens is 2. The first-order valence-corrected chi connectivity index (χ1v) is 14.6. The van der Waals surface area contributed by atoms with Gasteiger partial charge in [-0.15, -0.1) is 0 Å². The number of ether oxygens (including phenoxy) is 1. The Hall–Kier alpha value is -4.27. The minimum Gasteiger partial charge on any atom is -0.461 e. The van der Waals surface area contributed by atoms with Gasteiger partial charge in [0.1, 0.15) is 23.2 Å². The molecule has 2 N–H and O–H groups in total. The van der Waals surface area contributed by atoms with E-state index in [0.717, 1.165) is 80.3 Å². The van der Waals surface area contributed by atoms with Gasteiger partial charge in [-0.2, -0.15) is 0 Å². The van der Waals surface area contributed by atoms with E-state index in [1.165, 1.54) is 23.5 Å². The Morgan fingerprint density at radius 1 is 1.29 bits per heavy atom. The van der Waals surface area contributed by atoms with Crippen LogP contribution in [0.3, 0.4) is 0 Å². The molecule has 1 saturated carbocycles. The van der Waals surface area contributed by atoms with Crippen LogP contribution in [0.2, 0.25) is 0 Å². The van der Waals surface area contributed by atoms with Crippen molar-refractivity contribution in [2.75, 3.05) is 23.3 Å². The van der Waals surface area contributed by atoms with Crippen LogP contribution in [-0.4, -0.2) is 39.8 Å². The number of hydrogen-bond donors (Lipinski definition) is 2. The van der Waals surface area contributed by atoms with Crippen LogP contribution in [0.4, 0.5) is 11.5 Å². The number of allylic oxidation sites excluding steroid dienone is 3. The molecule has 2 fully saturated rings. The predicted molar refractivity (Wildman–Crippen MR) is 163 cm³/mol. The molecule has 0 spiro atoms. The van der Waals surface area contributed by atoms with Gasteiger partial charge in [0.05, 0.1) is 11.2 Å². The highest BCUT2D eigenvalue weighted by molar-refractivity contribution is 5.94. The molecule has 9 heteroatoms. The summed E-state index contributed by atoms with van der Waals surface area (Å²) in [5, 5.41) is 3.62. The highest BCUT2D eigenvalue weighted by Crippen LogP contribution is 2.43. The Labute approximate surface area is 240 Å². The molecule has 0 unspecified atom stereocenters. The number of rotatable bonds is 7. The molecule has 0 bridgehead atoms. The average Bonchev–Trinajstić information content (AvgIpc) is 3.47. The van der Waals surface area contributed by atoms with Gasteiger partial charge in [0.25, 0.3) is 0 Å². The van der Waals surface area contributed by atoms with Crippen molar-refractivity contribution in [3.8, 4) is 5.75 Å². The summed E-state index contributed by atoms with van der Waals surface area (Å²) in [6, 6.07) is 8.27. The van der Waals surface area contributed by atoms with E-state index < -0.39 is 5.76 Å². The van der Waals surface area contributed by atoms with Crippen LogP contribution in [0.25, 0.3) is 11.1 Å². The van der Waals surface area contributed by atoms with Crippen molar-refractivity contribution in [1.82, 2.24) is 14.9 Å². The number of fused-ring (bicyclic) bond motifs is 2. The van der Waals surface area contributed by atoms with Crippen LogP contribution >= 0.6 is 0 Å². The van der Waals surface area contributed by atoms with Crippen LogP contribution in [0.1, 0.15) is 64.4 Å². The molecule has 214 valence electrons. The van der Waals surface area contributed by atoms with Gasteiger partial charge in [-0.1, -0.05) is 13.5 Å². The van der Waals surface area contributed by atoms with Gasteiger partial charge in [0, 0.05) is 49.6 Å². The summed E-state index contributed by atoms with van der Waals surface area (Å²) in [6.45, 7) is 11.8. The maximum absolute atomic E-state index is 11.7. The van der Waals surface area contributed by atoms with Gasteiger partial charge >= 0.3 is 5.76 Å². The molecule has 2 aliphatic heterocycles. The van der Waals surface area contributed by atoms with Gasteiger partial charge in [-0.3, -0.25) is 4.98 Å². The van der Waals surface area contributed by atoms with E-state index in [9.17, 15) is 4.79 Å². The summed E-state index contributed by atoms with van der Waals surface area (Å²) in [7, 11) is 0. The van der Waals surface area contributed by atoms with E-state index in [1.807, 2.05) is 38.3 Å². The van der Waals surface area contributed by atoms with Gasteiger partial charge in [-0.05, 0) is 81.7 Å². The zero-order chi connectivity index (χ0) is 28.5. The van der Waals surface area contributed by atoms with Crippen molar-refractivity contribution in [1.29, 1.82) is 0 Å². The Bertz CT molecular complexity index is 1610. The lowest BCUT2D eigenvalue weighted by molar-refractivity contribution is 0.309. The van der Waals surface area contributed by atoms with Crippen molar-refractivity contribution >= 4 is 28.4 Å². The molecule has 6 rings (SSSR count). The molecular weight excluding hydrogens is 516 g/mol. The van der Waals surface area contributed by atoms with E-state index in [1.54, 1.807) is 6.07 Å². The minimum absolute atomic E-state index is 0.388. The number of piperidine rings is 1. The van der Waals surface area contributed by atoms with Gasteiger partial charge < -0.3 is 24.3 Å². The summed E-state index contributed by atoms with van der Waals surface area (Å²) in [6.07, 6.45) is 11.2. The number of amidine groups is 1. The first kappa shape index (κ1) is 26.9. The Morgan fingerprint density at radius 3 is 2.80 bits per heavy atom. The minimum atomic E-state index is -0.468. The fourth-order valence-corrected chi connectivity index (χ4v) is 5.90. The number of nitrogens with zero attached hydrogens (tertiary/aromatic N) is 4. The number of oxazole rings is 1. The maximum Gasteiger partial charge on any atom is 0.417 e. The molecule has 41 heavy (non-hydrogen) atoms. The topological polar surface area (TPSA) is 99.0 Å². The lowest BCUT2D eigenvalue weighted by Gasteiger charge is -2.40. The molecule has 3 aromatic rings. The largest absolute Gasteiger partial charge is 0.461 e. The SMILES string of the molecule is C=C(C)N=C(/C=C(\CCC)Oc1cc(C)c2[nH]c(=O)oc2c1)N1CCC(N2C(=C3CCC3)Nc3ncccc32)CC1. The second-order valence-corrected chi connectivity index (χ2v) is 11.2. The number of nitrogens with one attached hydrogen (secondary N) is 2. The molecular formula is C32H38N6O3. The van der Waals surface area contributed by atoms with Crippen LogP contribution in [0, 0.1) is 6.92 Å². The molecule has 1 aliphatic carbocycles. The molecule has 0 atom stereocenters. The first-order chi connectivity index (χ1) is 19.9. The van der Waals surface area contributed by atoms with E-state index >= 15 is 0 Å². The lowest BCUT2D eigenvalue weighted by Crippen LogP contribution is -2.46. The molecule has 0 amide bonds. The summed E-state index contributed by atoms with van der Waals surface area (Å²) in [4.78, 5) is 28.7. The first-order valence-electron chi connectivity index (χ1n) is 14.6. The van der Waals surface area contributed by atoms with Crippen molar-refractivity contribution in [3.05, 3.63) is 82.1 Å². The number of anilines is 2. The van der Waals surface area contributed by atoms with Gasteiger partial charge in [-0.25, -0.2) is 14.8 Å². The van der Waals surface area contributed by atoms with Crippen LogP contribution < -0.4 is 20.7 Å². The number of likely N-dealkylation sites (tertiary alicyclic amines) is 1. The second kappa shape index (κ2) is 11.3. The number of benzene rings is 1. The van der Waals surface area contributed by atoms with Crippen LogP contribution in [0.15, 0.2) is 80.2 Å².